The van der Waals surface area contributed by atoms with Crippen LogP contribution in [0.3, 0.4) is 0 Å². The van der Waals surface area contributed by atoms with Crippen molar-refractivity contribution in [2.45, 2.75) is 69.4 Å². The van der Waals surface area contributed by atoms with Gasteiger partial charge in [0.2, 0.25) is 11.8 Å². The van der Waals surface area contributed by atoms with Crippen molar-refractivity contribution >= 4 is 17.6 Å². The zero-order valence-electron chi connectivity index (χ0n) is 16.1. The minimum Gasteiger partial charge on any atom is -0.368 e. The summed E-state index contributed by atoms with van der Waals surface area (Å²) in [4.78, 5) is 28.7. The lowest BCUT2D eigenvalue weighted by Gasteiger charge is -2.34. The lowest BCUT2D eigenvalue weighted by atomic mass is 9.81. The largest absolute Gasteiger partial charge is 0.368 e. The van der Waals surface area contributed by atoms with E-state index in [9.17, 15) is 9.59 Å². The number of pyridine rings is 1. The van der Waals surface area contributed by atoms with E-state index >= 15 is 0 Å². The predicted octanol–water partition coefficient (Wildman–Crippen LogP) is 2.78. The summed E-state index contributed by atoms with van der Waals surface area (Å²) in [6.07, 6.45) is 10.0. The molecule has 1 atom stereocenters. The average Bonchev–Trinajstić information content (AvgIpc) is 3.42. The lowest BCUT2D eigenvalue weighted by Crippen LogP contribution is -2.52. The van der Waals surface area contributed by atoms with Gasteiger partial charge in [-0.3, -0.25) is 9.59 Å². The summed E-state index contributed by atoms with van der Waals surface area (Å²) in [5, 5.41) is 6.02. The molecule has 2 saturated carbocycles. The Balaban J connectivity index is 1.43. The molecule has 28 heavy (non-hydrogen) atoms. The van der Waals surface area contributed by atoms with Crippen LogP contribution in [0.1, 0.15) is 63.4 Å². The second-order valence-corrected chi connectivity index (χ2v) is 8.08. The number of aromatic nitrogens is 1. The lowest BCUT2D eigenvalue weighted by molar-refractivity contribution is -0.131. The van der Waals surface area contributed by atoms with E-state index in [4.69, 9.17) is 4.74 Å². The van der Waals surface area contributed by atoms with Crippen LogP contribution in [0.5, 0.6) is 0 Å². The molecule has 3 fully saturated rings. The maximum absolute atomic E-state index is 12.6. The quantitative estimate of drug-likeness (QED) is 0.786. The van der Waals surface area contributed by atoms with Crippen molar-refractivity contribution in [1.29, 1.82) is 0 Å². The van der Waals surface area contributed by atoms with E-state index < -0.39 is 5.54 Å². The Morgan fingerprint density at radius 1 is 1.07 bits per heavy atom. The maximum atomic E-state index is 12.6. The molecule has 1 aromatic heterocycles. The van der Waals surface area contributed by atoms with E-state index in [1.807, 2.05) is 6.07 Å². The SMILES string of the molecule is O=C(Nc1ccc(C#CC2(NC(=O)C3CCCO3)CCCCC2)cn1)C1CC1. The van der Waals surface area contributed by atoms with Crippen molar-refractivity contribution in [1.82, 2.24) is 10.3 Å². The summed E-state index contributed by atoms with van der Waals surface area (Å²) in [6, 6.07) is 3.64. The van der Waals surface area contributed by atoms with Crippen LogP contribution in [0, 0.1) is 17.8 Å². The molecule has 0 bridgehead atoms. The minimum absolute atomic E-state index is 0.0371. The highest BCUT2D eigenvalue weighted by molar-refractivity contribution is 5.93. The molecule has 2 aliphatic carbocycles. The molecule has 2 amide bonds. The van der Waals surface area contributed by atoms with Crippen LogP contribution in [0.4, 0.5) is 5.82 Å². The van der Waals surface area contributed by atoms with E-state index in [-0.39, 0.29) is 23.8 Å². The second-order valence-electron chi connectivity index (χ2n) is 8.08. The molecular formula is C22H27N3O3. The third-order valence-corrected chi connectivity index (χ3v) is 5.70. The van der Waals surface area contributed by atoms with Gasteiger partial charge in [-0.1, -0.05) is 31.1 Å². The highest BCUT2D eigenvalue weighted by atomic mass is 16.5. The molecule has 2 N–H and O–H groups in total. The van der Waals surface area contributed by atoms with Gasteiger partial charge < -0.3 is 15.4 Å². The van der Waals surface area contributed by atoms with Crippen LogP contribution in [0.15, 0.2) is 18.3 Å². The van der Waals surface area contributed by atoms with Crippen molar-refractivity contribution in [3.05, 3.63) is 23.9 Å². The Labute approximate surface area is 165 Å². The van der Waals surface area contributed by atoms with Crippen LogP contribution in [0.2, 0.25) is 0 Å². The van der Waals surface area contributed by atoms with Crippen molar-refractivity contribution in [2.24, 2.45) is 5.92 Å². The first-order valence-electron chi connectivity index (χ1n) is 10.4. The number of hydrogen-bond donors (Lipinski definition) is 2. The number of nitrogens with zero attached hydrogens (tertiary/aromatic N) is 1. The Hall–Kier alpha value is -2.39. The van der Waals surface area contributed by atoms with Crippen molar-refractivity contribution < 1.29 is 14.3 Å². The molecule has 148 valence electrons. The topological polar surface area (TPSA) is 80.3 Å². The first-order chi connectivity index (χ1) is 13.6. The second kappa shape index (κ2) is 8.32. The highest BCUT2D eigenvalue weighted by Gasteiger charge is 2.35. The monoisotopic (exact) mass is 381 g/mol. The van der Waals surface area contributed by atoms with Gasteiger partial charge >= 0.3 is 0 Å². The van der Waals surface area contributed by atoms with E-state index in [1.54, 1.807) is 12.3 Å². The standard InChI is InChI=1S/C22H27N3O3/c26-20(17-7-8-17)24-19-9-6-16(15-23-19)10-13-22(11-2-1-3-12-22)25-21(27)18-5-4-14-28-18/h6,9,15,17-18H,1-5,7-8,11-12,14H2,(H,25,27)(H,23,24,26). The summed E-state index contributed by atoms with van der Waals surface area (Å²) >= 11 is 0. The number of nitrogens with one attached hydrogen (secondary N) is 2. The number of carbonyl (C=O) groups is 2. The van der Waals surface area contributed by atoms with Crippen LogP contribution in [0.25, 0.3) is 0 Å². The number of anilines is 1. The van der Waals surface area contributed by atoms with Gasteiger partial charge in [0.15, 0.2) is 0 Å². The molecule has 2 heterocycles. The van der Waals surface area contributed by atoms with Crippen molar-refractivity contribution in [3.63, 3.8) is 0 Å². The van der Waals surface area contributed by atoms with Gasteiger partial charge in [0.05, 0.1) is 0 Å². The zero-order chi connectivity index (χ0) is 19.4. The normalized spacial score (nSPS) is 23.4. The number of amides is 2. The fraction of sp³-hybridized carbons (Fsp3) is 0.591. The molecule has 0 aromatic carbocycles. The maximum Gasteiger partial charge on any atom is 0.250 e. The van der Waals surface area contributed by atoms with E-state index in [1.165, 1.54) is 6.42 Å². The van der Waals surface area contributed by atoms with E-state index in [0.29, 0.717) is 12.4 Å². The third-order valence-electron chi connectivity index (χ3n) is 5.70. The molecule has 0 radical (unpaired) electrons. The number of carbonyl (C=O) groups excluding carboxylic acids is 2. The number of ether oxygens (including phenoxy) is 1. The molecule has 1 aromatic rings. The van der Waals surface area contributed by atoms with Gasteiger partial charge in [-0.2, -0.15) is 0 Å². The molecular weight excluding hydrogens is 354 g/mol. The van der Waals surface area contributed by atoms with Gasteiger partial charge in [0.1, 0.15) is 17.5 Å². The molecule has 1 unspecified atom stereocenters. The predicted molar refractivity (Wildman–Crippen MR) is 105 cm³/mol. The Morgan fingerprint density at radius 3 is 2.54 bits per heavy atom. The molecule has 1 saturated heterocycles. The smallest absolute Gasteiger partial charge is 0.250 e. The van der Waals surface area contributed by atoms with Crippen molar-refractivity contribution in [2.75, 3.05) is 11.9 Å². The Kier molecular flexibility index (Phi) is 5.63. The molecule has 6 heteroatoms. The van der Waals surface area contributed by atoms with Crippen LogP contribution in [-0.2, 0) is 14.3 Å². The van der Waals surface area contributed by atoms with Gasteiger partial charge in [0.25, 0.3) is 0 Å². The van der Waals surface area contributed by atoms with Gasteiger partial charge in [-0.25, -0.2) is 4.98 Å². The molecule has 3 aliphatic rings. The van der Waals surface area contributed by atoms with Gasteiger partial charge in [0, 0.05) is 24.3 Å². The average molecular weight is 381 g/mol. The summed E-state index contributed by atoms with van der Waals surface area (Å²) in [5.74, 6) is 7.23. The van der Waals surface area contributed by atoms with Gasteiger partial charge in [-0.05, 0) is 50.7 Å². The Bertz CT molecular complexity index is 777. The van der Waals surface area contributed by atoms with Gasteiger partial charge in [-0.15, -0.1) is 0 Å². The fourth-order valence-electron chi connectivity index (χ4n) is 3.84. The molecule has 0 spiro atoms. The summed E-state index contributed by atoms with van der Waals surface area (Å²) in [6.45, 7) is 0.659. The molecule has 6 nitrogen and oxygen atoms in total. The minimum atomic E-state index is -0.486. The first kappa shape index (κ1) is 18.9. The summed E-state index contributed by atoms with van der Waals surface area (Å²) in [7, 11) is 0. The van der Waals surface area contributed by atoms with Crippen molar-refractivity contribution in [3.8, 4) is 11.8 Å². The Morgan fingerprint density at radius 2 is 1.89 bits per heavy atom. The third kappa shape index (κ3) is 4.71. The highest BCUT2D eigenvalue weighted by Crippen LogP contribution is 2.30. The summed E-state index contributed by atoms with van der Waals surface area (Å²) < 4.78 is 5.53. The molecule has 4 rings (SSSR count). The van der Waals surface area contributed by atoms with E-state index in [0.717, 1.165) is 56.9 Å². The van der Waals surface area contributed by atoms with E-state index in [2.05, 4.69) is 27.5 Å². The zero-order valence-corrected chi connectivity index (χ0v) is 16.1. The van der Waals surface area contributed by atoms with Crippen LogP contribution in [-0.4, -0.2) is 35.0 Å². The number of hydrogen-bond acceptors (Lipinski definition) is 4. The van der Waals surface area contributed by atoms with Crippen LogP contribution >= 0.6 is 0 Å². The summed E-state index contributed by atoms with van der Waals surface area (Å²) in [5.41, 5.74) is 0.292. The number of rotatable bonds is 4. The van der Waals surface area contributed by atoms with Crippen LogP contribution < -0.4 is 10.6 Å². The first-order valence-corrected chi connectivity index (χ1v) is 10.4. The fourth-order valence-corrected chi connectivity index (χ4v) is 3.84. The molecule has 1 aliphatic heterocycles.